The van der Waals surface area contributed by atoms with Crippen molar-refractivity contribution < 1.29 is 9.84 Å². The number of hydrogen-bond acceptors (Lipinski definition) is 2. The van der Waals surface area contributed by atoms with Crippen molar-refractivity contribution in [1.29, 1.82) is 0 Å². The second-order valence-electron chi connectivity index (χ2n) is 9.01. The number of rotatable bonds is 7. The molecule has 146 valence electrons. The molecule has 0 radical (unpaired) electrons. The fourth-order valence-electron chi connectivity index (χ4n) is 3.92. The van der Waals surface area contributed by atoms with E-state index in [1.807, 2.05) is 13.8 Å². The van der Waals surface area contributed by atoms with Crippen LogP contribution in [0.15, 0.2) is 12.2 Å². The van der Waals surface area contributed by atoms with Gasteiger partial charge in [-0.05, 0) is 81.6 Å². The van der Waals surface area contributed by atoms with Crippen LogP contribution in [0.5, 0.6) is 11.5 Å². The Morgan fingerprint density at radius 2 is 1.77 bits per heavy atom. The fourth-order valence-corrected chi connectivity index (χ4v) is 3.92. The topological polar surface area (TPSA) is 29.5 Å². The molecule has 0 saturated heterocycles. The van der Waals surface area contributed by atoms with Crippen LogP contribution < -0.4 is 4.74 Å². The number of aromatic hydroxyl groups is 1. The van der Waals surface area contributed by atoms with Crippen molar-refractivity contribution in [2.45, 2.75) is 92.6 Å². The molecule has 0 saturated carbocycles. The smallest absolute Gasteiger partial charge is 0.127 e. The number of fused-ring (bicyclic) bond motifs is 1. The quantitative estimate of drug-likeness (QED) is 0.542. The number of allylic oxidation sites excluding steroid dienone is 1. The third kappa shape index (κ3) is 4.84. The molecule has 0 aromatic heterocycles. The van der Waals surface area contributed by atoms with Crippen molar-refractivity contribution in [2.75, 3.05) is 0 Å². The summed E-state index contributed by atoms with van der Waals surface area (Å²) in [7, 11) is 0. The Kier molecular flexibility index (Phi) is 6.82. The zero-order chi connectivity index (χ0) is 19.5. The van der Waals surface area contributed by atoms with Gasteiger partial charge in [0.15, 0.2) is 0 Å². The first-order chi connectivity index (χ1) is 12.1. The highest BCUT2D eigenvalue weighted by atomic mass is 16.5. The zero-order valence-corrected chi connectivity index (χ0v) is 17.9. The standard InChI is InChI=1S/C24H38O2/c1-16(2)10-8-11-17(3)12-9-14-24(7)15-13-21-20(6)22(25)18(4)19(5)23(21)26-24/h9,14,16-17,25H,8,10-13,15H2,1-7H3/b14-9+/t17?,24-/m0/s1. The number of benzene rings is 1. The summed E-state index contributed by atoms with van der Waals surface area (Å²) < 4.78 is 6.46. The Balaban J connectivity index is 2.02. The minimum absolute atomic E-state index is 0.245. The maximum absolute atomic E-state index is 10.3. The minimum atomic E-state index is -0.245. The molecule has 26 heavy (non-hydrogen) atoms. The van der Waals surface area contributed by atoms with Gasteiger partial charge in [0.25, 0.3) is 0 Å². The van der Waals surface area contributed by atoms with E-state index in [2.05, 4.69) is 46.8 Å². The van der Waals surface area contributed by atoms with E-state index in [1.165, 1.54) is 24.8 Å². The van der Waals surface area contributed by atoms with Gasteiger partial charge < -0.3 is 9.84 Å². The number of phenols is 1. The Bertz CT molecular complexity index is 657. The number of phenolic OH excluding ortho intramolecular Hbond substituents is 1. The van der Waals surface area contributed by atoms with Gasteiger partial charge >= 0.3 is 0 Å². The molecule has 2 rings (SSSR count). The third-order valence-corrected chi connectivity index (χ3v) is 6.03. The molecule has 1 aromatic carbocycles. The molecule has 1 N–H and O–H groups in total. The minimum Gasteiger partial charge on any atom is -0.507 e. The zero-order valence-electron chi connectivity index (χ0n) is 17.9. The van der Waals surface area contributed by atoms with E-state index in [0.29, 0.717) is 5.75 Å². The lowest BCUT2D eigenvalue weighted by atomic mass is 9.86. The highest BCUT2D eigenvalue weighted by Crippen LogP contribution is 2.43. The molecule has 1 aromatic rings. The molecule has 1 heterocycles. The largest absolute Gasteiger partial charge is 0.507 e. The average Bonchev–Trinajstić information content (AvgIpc) is 2.57. The molecular formula is C24H38O2. The highest BCUT2D eigenvalue weighted by Gasteiger charge is 2.32. The fraction of sp³-hybridized carbons (Fsp3) is 0.667. The lowest BCUT2D eigenvalue weighted by molar-refractivity contribution is 0.112. The molecule has 1 unspecified atom stereocenters. The summed E-state index contributed by atoms with van der Waals surface area (Å²) in [5.41, 5.74) is 3.93. The van der Waals surface area contributed by atoms with Gasteiger partial charge in [0.2, 0.25) is 0 Å². The van der Waals surface area contributed by atoms with E-state index in [4.69, 9.17) is 4.74 Å². The van der Waals surface area contributed by atoms with Crippen molar-refractivity contribution >= 4 is 0 Å². The molecule has 2 heteroatoms. The SMILES string of the molecule is Cc1c(C)c2c(c(C)c1O)CC[C@](C)(/C=C/CC(C)CCCC(C)C)O2. The Morgan fingerprint density at radius 1 is 1.08 bits per heavy atom. The lowest BCUT2D eigenvalue weighted by Crippen LogP contribution is -2.35. The lowest BCUT2D eigenvalue weighted by Gasteiger charge is -2.36. The first-order valence-electron chi connectivity index (χ1n) is 10.3. The molecule has 0 bridgehead atoms. The normalized spacial score (nSPS) is 21.1. The Hall–Kier alpha value is -1.44. The van der Waals surface area contributed by atoms with Crippen LogP contribution in [0.2, 0.25) is 0 Å². The van der Waals surface area contributed by atoms with Crippen LogP contribution in [0.1, 0.15) is 82.1 Å². The molecule has 0 spiro atoms. The Labute approximate surface area is 160 Å². The van der Waals surface area contributed by atoms with Gasteiger partial charge in [0.1, 0.15) is 17.1 Å². The summed E-state index contributed by atoms with van der Waals surface area (Å²) in [6.07, 6.45) is 11.6. The van der Waals surface area contributed by atoms with Gasteiger partial charge in [-0.3, -0.25) is 0 Å². The van der Waals surface area contributed by atoms with E-state index < -0.39 is 0 Å². The van der Waals surface area contributed by atoms with Crippen LogP contribution >= 0.6 is 0 Å². The molecule has 1 aliphatic rings. The molecule has 0 aliphatic carbocycles. The van der Waals surface area contributed by atoms with E-state index in [0.717, 1.165) is 53.5 Å². The van der Waals surface area contributed by atoms with Gasteiger partial charge in [0.05, 0.1) is 0 Å². The molecular weight excluding hydrogens is 320 g/mol. The maximum atomic E-state index is 10.3. The van der Waals surface area contributed by atoms with E-state index in [1.54, 1.807) is 0 Å². The van der Waals surface area contributed by atoms with E-state index >= 15 is 0 Å². The predicted octanol–water partition coefficient (Wildman–Crippen LogP) is 6.81. The highest BCUT2D eigenvalue weighted by molar-refractivity contribution is 5.58. The van der Waals surface area contributed by atoms with Crippen LogP contribution in [0, 0.1) is 32.6 Å². The molecule has 0 amide bonds. The first-order valence-corrected chi connectivity index (χ1v) is 10.3. The van der Waals surface area contributed by atoms with Crippen molar-refractivity contribution in [3.05, 3.63) is 34.4 Å². The van der Waals surface area contributed by atoms with Crippen LogP contribution in [0.25, 0.3) is 0 Å². The predicted molar refractivity (Wildman–Crippen MR) is 111 cm³/mol. The molecule has 2 atom stereocenters. The second kappa shape index (κ2) is 8.50. The van der Waals surface area contributed by atoms with Gasteiger partial charge in [-0.2, -0.15) is 0 Å². The van der Waals surface area contributed by atoms with Crippen LogP contribution in [-0.4, -0.2) is 10.7 Å². The maximum Gasteiger partial charge on any atom is 0.127 e. The van der Waals surface area contributed by atoms with Gasteiger partial charge in [0, 0.05) is 5.56 Å². The summed E-state index contributed by atoms with van der Waals surface area (Å²) in [6, 6.07) is 0. The Morgan fingerprint density at radius 3 is 2.42 bits per heavy atom. The summed E-state index contributed by atoms with van der Waals surface area (Å²) in [5, 5.41) is 10.3. The van der Waals surface area contributed by atoms with Gasteiger partial charge in [-0.1, -0.05) is 46.1 Å². The summed E-state index contributed by atoms with van der Waals surface area (Å²) >= 11 is 0. The molecule has 1 aliphatic heterocycles. The molecule has 2 nitrogen and oxygen atoms in total. The van der Waals surface area contributed by atoms with Crippen LogP contribution in [-0.2, 0) is 6.42 Å². The van der Waals surface area contributed by atoms with Gasteiger partial charge in [-0.15, -0.1) is 0 Å². The van der Waals surface area contributed by atoms with E-state index in [9.17, 15) is 5.11 Å². The third-order valence-electron chi connectivity index (χ3n) is 6.03. The summed E-state index contributed by atoms with van der Waals surface area (Å²) in [5.74, 6) is 2.95. The second-order valence-corrected chi connectivity index (χ2v) is 9.01. The van der Waals surface area contributed by atoms with Crippen molar-refractivity contribution in [2.24, 2.45) is 11.8 Å². The van der Waals surface area contributed by atoms with Gasteiger partial charge in [-0.25, -0.2) is 0 Å². The monoisotopic (exact) mass is 358 g/mol. The van der Waals surface area contributed by atoms with Crippen molar-refractivity contribution in [1.82, 2.24) is 0 Å². The van der Waals surface area contributed by atoms with Crippen molar-refractivity contribution in [3.63, 3.8) is 0 Å². The molecule has 0 fully saturated rings. The summed E-state index contributed by atoms with van der Waals surface area (Å²) in [4.78, 5) is 0. The number of hydrogen-bond donors (Lipinski definition) is 1. The summed E-state index contributed by atoms with van der Waals surface area (Å²) in [6.45, 7) is 15.2. The van der Waals surface area contributed by atoms with Crippen LogP contribution in [0.4, 0.5) is 0 Å². The van der Waals surface area contributed by atoms with E-state index in [-0.39, 0.29) is 5.60 Å². The van der Waals surface area contributed by atoms with Crippen LogP contribution in [0.3, 0.4) is 0 Å². The number of ether oxygens (including phenoxy) is 1. The van der Waals surface area contributed by atoms with Crippen molar-refractivity contribution in [3.8, 4) is 11.5 Å². The first kappa shape index (κ1) is 20.9. The average molecular weight is 359 g/mol.